The molecule has 0 radical (unpaired) electrons. The molecule has 4 aliphatic rings. The number of fused-ring (bicyclic) bond motifs is 1. The Morgan fingerprint density at radius 1 is 1.10 bits per heavy atom. The molecule has 3 aromatic rings. The Balaban J connectivity index is 1.25. The van der Waals surface area contributed by atoms with E-state index in [1.165, 1.54) is 19.3 Å². The van der Waals surface area contributed by atoms with Gasteiger partial charge in [0, 0.05) is 17.4 Å². The summed E-state index contributed by atoms with van der Waals surface area (Å²) in [5.41, 5.74) is 3.93. The van der Waals surface area contributed by atoms with E-state index in [-0.39, 0.29) is 11.3 Å². The van der Waals surface area contributed by atoms with Crippen molar-refractivity contribution in [2.75, 3.05) is 5.32 Å². The number of hydrogen-bond donors (Lipinski definition) is 1. The molecule has 4 saturated carbocycles. The molecule has 4 bridgehead atoms. The Kier molecular flexibility index (Phi) is 3.86. The Labute approximate surface area is 174 Å². The van der Waals surface area contributed by atoms with E-state index >= 15 is 0 Å². The number of benzene rings is 1. The number of hydrogen-bond acceptors (Lipinski definition) is 4. The SMILES string of the molecule is Cc1cc(-c2nc3cccnc3s2)ccc1NC(=O)C12CC3CC(CC(C3)C1)C2. The number of rotatable bonds is 3. The van der Waals surface area contributed by atoms with E-state index in [1.807, 2.05) is 18.2 Å². The van der Waals surface area contributed by atoms with E-state index in [2.05, 4.69) is 29.4 Å². The quantitative estimate of drug-likeness (QED) is 0.599. The standard InChI is InChI=1S/C24H25N3OS/c1-14-7-18(21-26-20-3-2-6-25-22(20)29-21)4-5-19(14)27-23(28)24-11-15-8-16(12-24)10-17(9-15)13-24/h2-7,15-17H,8-13H2,1H3,(H,27,28). The molecule has 5 heteroatoms. The molecule has 0 unspecified atom stereocenters. The van der Waals surface area contributed by atoms with Crippen molar-refractivity contribution in [3.63, 3.8) is 0 Å². The minimum absolute atomic E-state index is 0.113. The fourth-order valence-corrected chi connectivity index (χ4v) is 7.38. The minimum Gasteiger partial charge on any atom is -0.325 e. The highest BCUT2D eigenvalue weighted by Gasteiger charge is 2.54. The number of thiazole rings is 1. The fourth-order valence-electron chi connectivity index (χ4n) is 6.47. The van der Waals surface area contributed by atoms with Gasteiger partial charge < -0.3 is 5.32 Å². The average Bonchev–Trinajstić information content (AvgIpc) is 3.12. The summed E-state index contributed by atoms with van der Waals surface area (Å²) in [7, 11) is 0. The average molecular weight is 404 g/mol. The third-order valence-corrected chi connectivity index (χ3v) is 8.44. The van der Waals surface area contributed by atoms with Crippen molar-refractivity contribution in [3.05, 3.63) is 42.1 Å². The number of nitrogens with zero attached hydrogens (tertiary/aromatic N) is 2. The molecule has 4 fully saturated rings. The first-order chi connectivity index (χ1) is 14.1. The lowest BCUT2D eigenvalue weighted by atomic mass is 9.49. The van der Waals surface area contributed by atoms with Crippen LogP contribution < -0.4 is 5.32 Å². The maximum Gasteiger partial charge on any atom is 0.230 e. The largest absolute Gasteiger partial charge is 0.325 e. The van der Waals surface area contributed by atoms with Crippen LogP contribution in [0.25, 0.3) is 20.9 Å². The number of aromatic nitrogens is 2. The lowest BCUT2D eigenvalue weighted by molar-refractivity contribution is -0.140. The number of carbonyl (C=O) groups excluding carboxylic acids is 1. The van der Waals surface area contributed by atoms with Crippen LogP contribution in [0.4, 0.5) is 5.69 Å². The molecule has 29 heavy (non-hydrogen) atoms. The molecule has 1 aromatic carbocycles. The van der Waals surface area contributed by atoms with E-state index in [9.17, 15) is 4.79 Å². The molecular formula is C24H25N3OS. The highest BCUT2D eigenvalue weighted by atomic mass is 32.1. The van der Waals surface area contributed by atoms with Gasteiger partial charge in [-0.3, -0.25) is 4.79 Å². The Morgan fingerprint density at radius 3 is 2.48 bits per heavy atom. The predicted molar refractivity (Wildman–Crippen MR) is 117 cm³/mol. The van der Waals surface area contributed by atoms with Crippen LogP contribution in [0.5, 0.6) is 0 Å². The number of nitrogens with one attached hydrogen (secondary N) is 1. The molecule has 4 aliphatic carbocycles. The van der Waals surface area contributed by atoms with E-state index in [0.29, 0.717) is 0 Å². The summed E-state index contributed by atoms with van der Waals surface area (Å²) in [6.45, 7) is 2.07. The van der Waals surface area contributed by atoms with Crippen molar-refractivity contribution in [3.8, 4) is 10.6 Å². The second-order valence-electron chi connectivity index (χ2n) is 9.53. The Bertz CT molecular complexity index is 1050. The summed E-state index contributed by atoms with van der Waals surface area (Å²) >= 11 is 1.61. The van der Waals surface area contributed by atoms with Gasteiger partial charge in [-0.05, 0) is 99.1 Å². The van der Waals surface area contributed by atoms with Crippen molar-refractivity contribution < 1.29 is 4.79 Å². The highest BCUT2D eigenvalue weighted by molar-refractivity contribution is 7.21. The molecule has 2 aromatic heterocycles. The molecule has 1 N–H and O–H groups in total. The third kappa shape index (κ3) is 2.90. The van der Waals surface area contributed by atoms with Crippen molar-refractivity contribution in [2.45, 2.75) is 45.4 Å². The summed E-state index contributed by atoms with van der Waals surface area (Å²) in [5, 5.41) is 4.28. The van der Waals surface area contributed by atoms with Gasteiger partial charge in [0.1, 0.15) is 15.4 Å². The molecule has 0 saturated heterocycles. The summed E-state index contributed by atoms with van der Waals surface area (Å²) in [4.78, 5) is 23.4. The summed E-state index contributed by atoms with van der Waals surface area (Å²) < 4.78 is 0. The summed E-state index contributed by atoms with van der Waals surface area (Å²) in [6.07, 6.45) is 9.17. The van der Waals surface area contributed by atoms with Gasteiger partial charge in [-0.15, -0.1) is 0 Å². The van der Waals surface area contributed by atoms with Gasteiger partial charge in [-0.25, -0.2) is 9.97 Å². The molecular weight excluding hydrogens is 378 g/mol. The topological polar surface area (TPSA) is 54.9 Å². The zero-order chi connectivity index (χ0) is 19.6. The van der Waals surface area contributed by atoms with Crippen LogP contribution in [0.1, 0.15) is 44.1 Å². The van der Waals surface area contributed by atoms with E-state index in [4.69, 9.17) is 4.98 Å². The maximum absolute atomic E-state index is 13.4. The molecule has 2 heterocycles. The maximum atomic E-state index is 13.4. The molecule has 4 nitrogen and oxygen atoms in total. The van der Waals surface area contributed by atoms with E-state index in [0.717, 1.165) is 69.2 Å². The zero-order valence-corrected chi connectivity index (χ0v) is 17.5. The van der Waals surface area contributed by atoms with Gasteiger partial charge in [0.15, 0.2) is 0 Å². The van der Waals surface area contributed by atoms with Crippen LogP contribution in [-0.2, 0) is 4.79 Å². The first-order valence-electron chi connectivity index (χ1n) is 10.7. The first-order valence-corrected chi connectivity index (χ1v) is 11.5. The van der Waals surface area contributed by atoms with Crippen molar-refractivity contribution >= 4 is 33.3 Å². The van der Waals surface area contributed by atoms with Crippen LogP contribution in [0.3, 0.4) is 0 Å². The van der Waals surface area contributed by atoms with Gasteiger partial charge in [0.25, 0.3) is 0 Å². The molecule has 0 atom stereocenters. The molecule has 0 aliphatic heterocycles. The number of pyridine rings is 1. The van der Waals surface area contributed by atoms with Crippen LogP contribution in [0.15, 0.2) is 36.5 Å². The fraction of sp³-hybridized carbons (Fsp3) is 0.458. The summed E-state index contributed by atoms with van der Waals surface area (Å²) in [6, 6.07) is 10.2. The Hall–Kier alpha value is -2.27. The molecule has 148 valence electrons. The number of aryl methyl sites for hydroxylation is 1. The monoisotopic (exact) mass is 403 g/mol. The highest BCUT2D eigenvalue weighted by Crippen LogP contribution is 2.60. The van der Waals surface area contributed by atoms with E-state index in [1.54, 1.807) is 17.5 Å². The smallest absolute Gasteiger partial charge is 0.230 e. The van der Waals surface area contributed by atoms with Crippen LogP contribution >= 0.6 is 11.3 Å². The Morgan fingerprint density at radius 2 is 1.83 bits per heavy atom. The molecule has 1 amide bonds. The van der Waals surface area contributed by atoms with Gasteiger partial charge in [0.2, 0.25) is 5.91 Å². The van der Waals surface area contributed by atoms with Crippen LogP contribution in [-0.4, -0.2) is 15.9 Å². The van der Waals surface area contributed by atoms with Crippen LogP contribution in [0.2, 0.25) is 0 Å². The lowest BCUT2D eigenvalue weighted by Gasteiger charge is -2.55. The normalized spacial score (nSPS) is 30.0. The lowest BCUT2D eigenvalue weighted by Crippen LogP contribution is -2.51. The van der Waals surface area contributed by atoms with E-state index < -0.39 is 0 Å². The number of anilines is 1. The van der Waals surface area contributed by atoms with Crippen molar-refractivity contribution in [2.24, 2.45) is 23.2 Å². The van der Waals surface area contributed by atoms with Gasteiger partial charge in [0.05, 0.1) is 5.41 Å². The zero-order valence-electron chi connectivity index (χ0n) is 16.6. The first kappa shape index (κ1) is 17.6. The second-order valence-corrected chi connectivity index (χ2v) is 10.5. The van der Waals surface area contributed by atoms with Gasteiger partial charge >= 0.3 is 0 Å². The second kappa shape index (κ2) is 6.36. The molecule has 0 spiro atoms. The van der Waals surface area contributed by atoms with Gasteiger partial charge in [-0.1, -0.05) is 11.3 Å². The minimum atomic E-state index is -0.113. The predicted octanol–water partition coefficient (Wildman–Crippen LogP) is 5.82. The van der Waals surface area contributed by atoms with Gasteiger partial charge in [-0.2, -0.15) is 0 Å². The van der Waals surface area contributed by atoms with Crippen molar-refractivity contribution in [1.82, 2.24) is 9.97 Å². The van der Waals surface area contributed by atoms with Crippen molar-refractivity contribution in [1.29, 1.82) is 0 Å². The van der Waals surface area contributed by atoms with Crippen LogP contribution in [0, 0.1) is 30.1 Å². The number of amides is 1. The summed E-state index contributed by atoms with van der Waals surface area (Å²) in [5.74, 6) is 2.60. The molecule has 7 rings (SSSR count). The number of carbonyl (C=O) groups is 1. The third-order valence-electron chi connectivity index (χ3n) is 7.41.